The van der Waals surface area contributed by atoms with Crippen molar-refractivity contribution in [1.82, 2.24) is 9.97 Å². The molecule has 1 N–H and O–H groups in total. The first-order valence-corrected chi connectivity index (χ1v) is 7.81. The highest BCUT2D eigenvalue weighted by atomic mass is 16.3. The lowest BCUT2D eigenvalue weighted by Gasteiger charge is -2.17. The third-order valence-corrected chi connectivity index (χ3v) is 4.27. The maximum atomic E-state index is 5.63. The fourth-order valence-corrected chi connectivity index (χ4v) is 3.19. The largest absolute Gasteiger partial charge is 0.466 e. The molecule has 0 radical (unpaired) electrons. The van der Waals surface area contributed by atoms with Crippen molar-refractivity contribution in [3.8, 4) is 0 Å². The predicted molar refractivity (Wildman–Crippen MR) is 83.5 cm³/mol. The minimum atomic E-state index is 0.185. The molecule has 3 rings (SSSR count). The molecule has 1 unspecified atom stereocenters. The predicted octanol–water partition coefficient (Wildman–Crippen LogP) is 4.13. The molecule has 0 spiro atoms. The summed E-state index contributed by atoms with van der Waals surface area (Å²) in [5, 5.41) is 3.56. The van der Waals surface area contributed by atoms with Gasteiger partial charge in [-0.2, -0.15) is 0 Å². The van der Waals surface area contributed by atoms with Crippen LogP contribution in [0, 0.1) is 13.8 Å². The van der Waals surface area contributed by atoms with Crippen molar-refractivity contribution in [2.24, 2.45) is 0 Å². The Balaban J connectivity index is 1.86. The number of fused-ring (bicyclic) bond motifs is 1. The molecule has 112 valence electrons. The number of furan rings is 1. The maximum Gasteiger partial charge on any atom is 0.133 e. The van der Waals surface area contributed by atoms with Gasteiger partial charge in [-0.15, -0.1) is 0 Å². The lowest BCUT2D eigenvalue weighted by Crippen LogP contribution is -2.12. The van der Waals surface area contributed by atoms with Gasteiger partial charge in [0, 0.05) is 16.8 Å². The molecule has 0 saturated carbocycles. The highest BCUT2D eigenvalue weighted by Crippen LogP contribution is 2.28. The van der Waals surface area contributed by atoms with Gasteiger partial charge in [0.2, 0.25) is 0 Å². The molecule has 1 aliphatic carbocycles. The van der Waals surface area contributed by atoms with E-state index < -0.39 is 0 Å². The molecule has 0 aromatic carbocycles. The highest BCUT2D eigenvalue weighted by Gasteiger charge is 2.18. The van der Waals surface area contributed by atoms with Crippen LogP contribution in [0.5, 0.6) is 0 Å². The number of aryl methyl sites for hydroxylation is 3. The van der Waals surface area contributed by atoms with E-state index in [9.17, 15) is 0 Å². The van der Waals surface area contributed by atoms with Crippen molar-refractivity contribution < 1.29 is 4.42 Å². The molecular formula is C17H23N3O. The van der Waals surface area contributed by atoms with Crippen LogP contribution in [0.4, 0.5) is 5.82 Å². The summed E-state index contributed by atoms with van der Waals surface area (Å²) in [6.07, 6.45) is 7.59. The smallest absolute Gasteiger partial charge is 0.133 e. The van der Waals surface area contributed by atoms with E-state index >= 15 is 0 Å². The Morgan fingerprint density at radius 1 is 1.14 bits per heavy atom. The first-order chi connectivity index (χ1) is 10.1. The zero-order valence-electron chi connectivity index (χ0n) is 13.1. The quantitative estimate of drug-likeness (QED) is 0.862. The van der Waals surface area contributed by atoms with Crippen LogP contribution in [-0.4, -0.2) is 9.97 Å². The Hall–Kier alpha value is -1.84. The van der Waals surface area contributed by atoms with Gasteiger partial charge >= 0.3 is 0 Å². The molecular weight excluding hydrogens is 262 g/mol. The monoisotopic (exact) mass is 285 g/mol. The molecule has 2 aromatic rings. The Labute approximate surface area is 126 Å². The second kappa shape index (κ2) is 5.88. The summed E-state index contributed by atoms with van der Waals surface area (Å²) in [7, 11) is 0. The van der Waals surface area contributed by atoms with Gasteiger partial charge < -0.3 is 9.73 Å². The minimum Gasteiger partial charge on any atom is -0.466 e. The molecule has 4 heteroatoms. The lowest BCUT2D eigenvalue weighted by molar-refractivity contribution is 0.499. The van der Waals surface area contributed by atoms with Crippen molar-refractivity contribution >= 4 is 5.82 Å². The van der Waals surface area contributed by atoms with Crippen LogP contribution in [0.1, 0.15) is 60.6 Å². The average Bonchev–Trinajstić information content (AvgIpc) is 2.66. The van der Waals surface area contributed by atoms with E-state index in [4.69, 9.17) is 4.42 Å². The number of hydrogen-bond acceptors (Lipinski definition) is 4. The van der Waals surface area contributed by atoms with Gasteiger partial charge in [-0.25, -0.2) is 9.97 Å². The van der Waals surface area contributed by atoms with E-state index in [1.807, 2.05) is 13.8 Å². The van der Waals surface area contributed by atoms with E-state index in [-0.39, 0.29) is 6.04 Å². The average molecular weight is 285 g/mol. The molecule has 0 aliphatic heterocycles. The standard InChI is InChI=1S/C17H23N3O/c1-11-9-15(13(3)21-11)12(2)20-17-14-7-5-4-6-8-16(14)18-10-19-17/h9-10,12H,4-8H2,1-3H3,(H,18,19,20). The SMILES string of the molecule is Cc1cc(C(C)Nc2ncnc3c2CCCCC3)c(C)o1. The van der Waals surface area contributed by atoms with Crippen LogP contribution in [-0.2, 0) is 12.8 Å². The van der Waals surface area contributed by atoms with E-state index in [2.05, 4.69) is 28.3 Å². The van der Waals surface area contributed by atoms with Gasteiger partial charge in [0.15, 0.2) is 0 Å². The first kappa shape index (κ1) is 14.1. The van der Waals surface area contributed by atoms with E-state index in [1.165, 1.54) is 36.1 Å². The first-order valence-electron chi connectivity index (χ1n) is 7.81. The van der Waals surface area contributed by atoms with Crippen molar-refractivity contribution in [3.63, 3.8) is 0 Å². The van der Waals surface area contributed by atoms with Crippen LogP contribution in [0.25, 0.3) is 0 Å². The third-order valence-electron chi connectivity index (χ3n) is 4.27. The summed E-state index contributed by atoms with van der Waals surface area (Å²) in [6.45, 7) is 6.16. The third kappa shape index (κ3) is 2.94. The Morgan fingerprint density at radius 2 is 1.95 bits per heavy atom. The van der Waals surface area contributed by atoms with Crippen LogP contribution in [0.3, 0.4) is 0 Å². The fourth-order valence-electron chi connectivity index (χ4n) is 3.19. The van der Waals surface area contributed by atoms with Gasteiger partial charge in [-0.3, -0.25) is 0 Å². The summed E-state index contributed by atoms with van der Waals surface area (Å²) in [4.78, 5) is 8.95. The summed E-state index contributed by atoms with van der Waals surface area (Å²) < 4.78 is 5.63. The number of nitrogens with zero attached hydrogens (tertiary/aromatic N) is 2. The Kier molecular flexibility index (Phi) is 3.95. The number of aromatic nitrogens is 2. The van der Waals surface area contributed by atoms with Crippen LogP contribution < -0.4 is 5.32 Å². The van der Waals surface area contributed by atoms with Gasteiger partial charge in [-0.1, -0.05) is 6.42 Å². The zero-order valence-corrected chi connectivity index (χ0v) is 13.1. The van der Waals surface area contributed by atoms with Crippen molar-refractivity contribution in [1.29, 1.82) is 0 Å². The molecule has 0 saturated heterocycles. The molecule has 2 heterocycles. The summed E-state index contributed by atoms with van der Waals surface area (Å²) >= 11 is 0. The number of nitrogens with one attached hydrogen (secondary N) is 1. The van der Waals surface area contributed by atoms with Crippen LogP contribution in [0.2, 0.25) is 0 Å². The number of hydrogen-bond donors (Lipinski definition) is 1. The molecule has 1 atom stereocenters. The summed E-state index contributed by atoms with van der Waals surface area (Å²) in [6, 6.07) is 2.29. The fraction of sp³-hybridized carbons (Fsp3) is 0.529. The highest BCUT2D eigenvalue weighted by molar-refractivity contribution is 5.48. The van der Waals surface area contributed by atoms with Crippen molar-refractivity contribution in [2.75, 3.05) is 5.32 Å². The molecule has 0 fully saturated rings. The Morgan fingerprint density at radius 3 is 2.71 bits per heavy atom. The van der Waals surface area contributed by atoms with Crippen molar-refractivity contribution in [2.45, 2.75) is 58.9 Å². The lowest BCUT2D eigenvalue weighted by atomic mass is 10.1. The molecule has 4 nitrogen and oxygen atoms in total. The van der Waals surface area contributed by atoms with Gasteiger partial charge in [-0.05, 0) is 52.5 Å². The zero-order chi connectivity index (χ0) is 14.8. The van der Waals surface area contributed by atoms with E-state index in [0.29, 0.717) is 0 Å². The van der Waals surface area contributed by atoms with Gasteiger partial charge in [0.05, 0.1) is 6.04 Å². The van der Waals surface area contributed by atoms with Gasteiger partial charge in [0.1, 0.15) is 23.7 Å². The summed E-state index contributed by atoms with van der Waals surface area (Å²) in [5.74, 6) is 2.93. The maximum absolute atomic E-state index is 5.63. The molecule has 2 aromatic heterocycles. The molecule has 0 bridgehead atoms. The van der Waals surface area contributed by atoms with Gasteiger partial charge in [0.25, 0.3) is 0 Å². The number of anilines is 1. The molecule has 1 aliphatic rings. The molecule has 0 amide bonds. The van der Waals surface area contributed by atoms with Crippen LogP contribution >= 0.6 is 0 Å². The second-order valence-electron chi connectivity index (χ2n) is 5.94. The topological polar surface area (TPSA) is 51.0 Å². The second-order valence-corrected chi connectivity index (χ2v) is 5.94. The summed E-state index contributed by atoms with van der Waals surface area (Å²) in [5.41, 5.74) is 3.73. The number of rotatable bonds is 3. The van der Waals surface area contributed by atoms with Crippen molar-refractivity contribution in [3.05, 3.63) is 40.7 Å². The normalized spacial score (nSPS) is 16.1. The Bertz CT molecular complexity index is 633. The molecule has 21 heavy (non-hydrogen) atoms. The van der Waals surface area contributed by atoms with E-state index in [1.54, 1.807) is 6.33 Å². The minimum absolute atomic E-state index is 0.185. The van der Waals surface area contributed by atoms with E-state index in [0.717, 1.165) is 30.2 Å². The van der Waals surface area contributed by atoms with Crippen LogP contribution in [0.15, 0.2) is 16.8 Å².